The maximum atomic E-state index is 14.2. The monoisotopic (exact) mass is 504 g/mol. The van der Waals surface area contributed by atoms with E-state index in [-0.39, 0.29) is 34.0 Å². The molecule has 0 saturated carbocycles. The largest absolute Gasteiger partial charge is 0.409 e. The molecule has 0 bridgehead atoms. The average Bonchev–Trinajstić information content (AvgIpc) is 3.10. The van der Waals surface area contributed by atoms with Crippen molar-refractivity contribution in [1.29, 1.82) is 0 Å². The number of thioether (sulfide) groups is 1. The van der Waals surface area contributed by atoms with Gasteiger partial charge >= 0.3 is 6.18 Å². The molecule has 1 atom stereocenters. The number of carbonyl (C=O) groups is 1. The number of rotatable bonds is 4. The normalized spacial score (nSPS) is 21.5. The molecule has 164 valence electrons. The molecule has 10 heteroatoms. The molecule has 1 amide bonds. The van der Waals surface area contributed by atoms with Crippen molar-refractivity contribution in [3.8, 4) is 0 Å². The summed E-state index contributed by atoms with van der Waals surface area (Å²) in [6.45, 7) is 1.77. The summed E-state index contributed by atoms with van der Waals surface area (Å²) in [7, 11) is 0. The van der Waals surface area contributed by atoms with Crippen LogP contribution in [0.4, 0.5) is 13.2 Å². The van der Waals surface area contributed by atoms with E-state index in [1.807, 2.05) is 0 Å². The molecule has 2 aliphatic heterocycles. The van der Waals surface area contributed by atoms with E-state index in [0.29, 0.717) is 34.3 Å². The van der Waals surface area contributed by atoms with E-state index in [0.717, 1.165) is 11.5 Å². The number of halogens is 5. The fourth-order valence-electron chi connectivity index (χ4n) is 3.53. The number of amides is 1. The molecule has 1 N–H and O–H groups in total. The molecular weight excluding hydrogens is 488 g/mol. The highest BCUT2D eigenvalue weighted by Crippen LogP contribution is 2.57. The van der Waals surface area contributed by atoms with Crippen LogP contribution in [0.3, 0.4) is 0 Å². The Hall–Kier alpha value is -1.35. The average molecular weight is 505 g/mol. The molecule has 1 fully saturated rings. The van der Waals surface area contributed by atoms with Crippen molar-refractivity contribution >= 4 is 58.5 Å². The van der Waals surface area contributed by atoms with Gasteiger partial charge in [-0.1, -0.05) is 29.3 Å². The lowest BCUT2D eigenvalue weighted by Crippen LogP contribution is -2.44. The molecule has 0 spiro atoms. The molecule has 0 aromatic heterocycles. The van der Waals surface area contributed by atoms with Gasteiger partial charge in [-0.3, -0.25) is 4.79 Å². The number of hydrogen-bond donors (Lipinski definition) is 1. The van der Waals surface area contributed by atoms with E-state index in [1.54, 1.807) is 36.9 Å². The van der Waals surface area contributed by atoms with Crippen LogP contribution in [0, 0.1) is 6.92 Å². The Morgan fingerprint density at radius 1 is 1.16 bits per heavy atom. The van der Waals surface area contributed by atoms with Crippen molar-refractivity contribution in [2.24, 2.45) is 4.40 Å². The summed E-state index contributed by atoms with van der Waals surface area (Å²) in [4.78, 5) is 12.5. The number of hydrogen-bond acceptors (Lipinski definition) is 4. The number of nitrogens with one attached hydrogen (secondary N) is 1. The van der Waals surface area contributed by atoms with E-state index in [2.05, 4.69) is 9.71 Å². The Morgan fingerprint density at radius 2 is 1.84 bits per heavy atom. The SMILES string of the molecule is Cc1cc(C2=NSC(c3cc(Cl)cc(Cl)c3)(C(F)(F)F)C2)ccc1C(=O)NC1CSC1. The first-order valence-corrected chi connectivity index (χ1v) is 12.1. The molecule has 1 unspecified atom stereocenters. The molecular formula is C21H17Cl2F3N2OS2. The second kappa shape index (κ2) is 8.54. The molecule has 0 radical (unpaired) electrons. The fraction of sp³-hybridized carbons (Fsp3) is 0.333. The topological polar surface area (TPSA) is 41.5 Å². The number of carbonyl (C=O) groups excluding carboxylic acids is 1. The van der Waals surface area contributed by atoms with Gasteiger partial charge < -0.3 is 5.32 Å². The van der Waals surface area contributed by atoms with Gasteiger partial charge in [-0.25, -0.2) is 4.40 Å². The summed E-state index contributed by atoms with van der Waals surface area (Å²) >= 11 is 14.2. The van der Waals surface area contributed by atoms with Crippen LogP contribution in [0.2, 0.25) is 10.0 Å². The highest BCUT2D eigenvalue weighted by Gasteiger charge is 2.60. The summed E-state index contributed by atoms with van der Waals surface area (Å²) in [5.41, 5.74) is 2.02. The number of alkyl halides is 3. The van der Waals surface area contributed by atoms with Crippen LogP contribution in [0.15, 0.2) is 40.8 Å². The van der Waals surface area contributed by atoms with E-state index in [9.17, 15) is 18.0 Å². The van der Waals surface area contributed by atoms with Crippen molar-refractivity contribution < 1.29 is 18.0 Å². The van der Waals surface area contributed by atoms with E-state index in [1.165, 1.54) is 18.2 Å². The summed E-state index contributed by atoms with van der Waals surface area (Å²) in [5.74, 6) is 1.61. The third kappa shape index (κ3) is 4.45. The standard InChI is InChI=1S/C21H17Cl2F3N2OS2/c1-11-4-12(2-3-17(11)19(29)27-16-9-30-10-16)18-8-20(31-28-18,21(24,25)26)13-5-14(22)7-15(23)6-13/h2-7,16H,8-10H2,1H3,(H,27,29). The fourth-order valence-corrected chi connectivity index (χ4v) is 5.65. The van der Waals surface area contributed by atoms with Crippen LogP contribution in [0.1, 0.15) is 33.5 Å². The Bertz CT molecular complexity index is 1050. The molecule has 3 nitrogen and oxygen atoms in total. The van der Waals surface area contributed by atoms with Crippen molar-refractivity contribution in [2.45, 2.75) is 30.3 Å². The van der Waals surface area contributed by atoms with E-state index in [4.69, 9.17) is 23.2 Å². The Labute approximate surface area is 196 Å². The first kappa shape index (κ1) is 22.8. The first-order chi connectivity index (χ1) is 14.6. The van der Waals surface area contributed by atoms with Crippen LogP contribution in [0.5, 0.6) is 0 Å². The number of benzene rings is 2. The minimum absolute atomic E-state index is 0.0349. The highest BCUT2D eigenvalue weighted by atomic mass is 35.5. The van der Waals surface area contributed by atoms with Crippen LogP contribution in [-0.4, -0.2) is 35.3 Å². The molecule has 2 aromatic carbocycles. The van der Waals surface area contributed by atoms with Gasteiger partial charge in [0, 0.05) is 39.6 Å². The number of aryl methyl sites for hydroxylation is 1. The summed E-state index contributed by atoms with van der Waals surface area (Å²) < 4.78 is 44.6. The predicted molar refractivity (Wildman–Crippen MR) is 123 cm³/mol. The zero-order valence-corrected chi connectivity index (χ0v) is 19.4. The Kier molecular flexibility index (Phi) is 6.29. The third-order valence-corrected chi connectivity index (χ3v) is 8.24. The predicted octanol–water partition coefficient (Wildman–Crippen LogP) is 6.45. The minimum atomic E-state index is -4.58. The van der Waals surface area contributed by atoms with E-state index >= 15 is 0 Å². The third-order valence-electron chi connectivity index (χ3n) is 5.29. The van der Waals surface area contributed by atoms with Gasteiger partial charge in [0.15, 0.2) is 4.75 Å². The molecule has 0 aliphatic carbocycles. The van der Waals surface area contributed by atoms with Gasteiger partial charge in [-0.2, -0.15) is 24.9 Å². The van der Waals surface area contributed by atoms with Crippen molar-refractivity contribution in [1.82, 2.24) is 5.32 Å². The van der Waals surface area contributed by atoms with Gasteiger partial charge in [0.05, 0.1) is 5.71 Å². The lowest BCUT2D eigenvalue weighted by molar-refractivity contribution is -0.159. The second-order valence-corrected chi connectivity index (χ2v) is 10.5. The molecule has 2 aliphatic rings. The summed E-state index contributed by atoms with van der Waals surface area (Å²) in [5, 5.41) is 3.23. The lowest BCUT2D eigenvalue weighted by atomic mass is 9.89. The van der Waals surface area contributed by atoms with Crippen LogP contribution in [-0.2, 0) is 4.75 Å². The maximum Gasteiger partial charge on any atom is 0.409 e. The van der Waals surface area contributed by atoms with Crippen LogP contribution in [0.25, 0.3) is 0 Å². The lowest BCUT2D eigenvalue weighted by Gasteiger charge is -2.30. The van der Waals surface area contributed by atoms with Crippen molar-refractivity contribution in [2.75, 3.05) is 11.5 Å². The molecule has 2 aromatic rings. The molecule has 4 rings (SSSR count). The smallest absolute Gasteiger partial charge is 0.348 e. The molecule has 1 saturated heterocycles. The van der Waals surface area contributed by atoms with Gasteiger partial charge in [0.25, 0.3) is 5.91 Å². The zero-order valence-electron chi connectivity index (χ0n) is 16.2. The van der Waals surface area contributed by atoms with Crippen molar-refractivity contribution in [3.05, 3.63) is 68.7 Å². The minimum Gasteiger partial charge on any atom is -0.348 e. The first-order valence-electron chi connectivity index (χ1n) is 9.37. The van der Waals surface area contributed by atoms with Crippen LogP contribution < -0.4 is 5.32 Å². The number of nitrogens with zero attached hydrogens (tertiary/aromatic N) is 1. The van der Waals surface area contributed by atoms with Gasteiger partial charge in [0.2, 0.25) is 0 Å². The summed E-state index contributed by atoms with van der Waals surface area (Å²) in [6, 6.07) is 9.13. The van der Waals surface area contributed by atoms with Gasteiger partial charge in [-0.15, -0.1) is 0 Å². The molecule has 31 heavy (non-hydrogen) atoms. The second-order valence-electron chi connectivity index (χ2n) is 7.53. The van der Waals surface area contributed by atoms with Crippen molar-refractivity contribution in [3.63, 3.8) is 0 Å². The summed E-state index contributed by atoms with van der Waals surface area (Å²) in [6.07, 6.45) is -4.94. The zero-order chi connectivity index (χ0) is 22.4. The van der Waals surface area contributed by atoms with Gasteiger partial charge in [0.1, 0.15) is 0 Å². The molecule has 2 heterocycles. The Morgan fingerprint density at radius 3 is 2.39 bits per heavy atom. The van der Waals surface area contributed by atoms with Gasteiger partial charge in [-0.05, 0) is 65.9 Å². The highest BCUT2D eigenvalue weighted by molar-refractivity contribution is 8.00. The quantitative estimate of drug-likeness (QED) is 0.486. The van der Waals surface area contributed by atoms with Crippen LogP contribution >= 0.6 is 46.9 Å². The Balaban J connectivity index is 1.61. The van der Waals surface area contributed by atoms with E-state index < -0.39 is 10.9 Å². The maximum absolute atomic E-state index is 14.2.